The quantitative estimate of drug-likeness (QED) is 0.834. The minimum Gasteiger partial charge on any atom is -0.322 e. The van der Waals surface area contributed by atoms with Crippen LogP contribution < -0.4 is 5.32 Å². The number of carbonyl (C=O) groups is 1. The highest BCUT2D eigenvalue weighted by Gasteiger charge is 2.09. The van der Waals surface area contributed by atoms with Crippen molar-refractivity contribution >= 4 is 39.1 Å². The predicted octanol–water partition coefficient (Wildman–Crippen LogP) is 4.80. The summed E-state index contributed by atoms with van der Waals surface area (Å²) in [5.74, 6) is -0.987. The molecule has 1 N–H and O–H groups in total. The zero-order valence-corrected chi connectivity index (χ0v) is 12.3. The van der Waals surface area contributed by atoms with Gasteiger partial charge in [-0.1, -0.05) is 27.5 Å². The van der Waals surface area contributed by atoms with Gasteiger partial charge in [0.1, 0.15) is 5.82 Å². The number of hydrogen-bond acceptors (Lipinski definition) is 1. The van der Waals surface area contributed by atoms with Gasteiger partial charge in [-0.3, -0.25) is 4.79 Å². The van der Waals surface area contributed by atoms with Crippen LogP contribution in [0.25, 0.3) is 0 Å². The molecule has 0 fully saturated rings. The fraction of sp³-hybridized carbons (Fsp3) is 0.0714. The summed E-state index contributed by atoms with van der Waals surface area (Å²) in [5.41, 5.74) is 1.88. The molecule has 0 aliphatic rings. The number of hydrogen-bond donors (Lipinski definition) is 1. The third kappa shape index (κ3) is 3.33. The number of aryl methyl sites for hydroxylation is 1. The average molecular weight is 343 g/mol. The normalized spacial score (nSPS) is 10.3. The molecule has 0 saturated heterocycles. The van der Waals surface area contributed by atoms with E-state index in [2.05, 4.69) is 21.2 Å². The van der Waals surface area contributed by atoms with E-state index in [1.54, 1.807) is 6.07 Å². The van der Waals surface area contributed by atoms with Crippen molar-refractivity contribution in [3.63, 3.8) is 0 Å². The third-order valence-electron chi connectivity index (χ3n) is 2.60. The third-order valence-corrected chi connectivity index (χ3v) is 3.79. The second-order valence-corrected chi connectivity index (χ2v) is 5.31. The smallest absolute Gasteiger partial charge is 0.255 e. The number of halogens is 3. The standard InChI is InChI=1S/C14H10BrClFNO/c1-8-6-10(3-4-11(8)15)18-14(19)9-2-5-12(16)13(17)7-9/h2-7H,1H3,(H,18,19). The van der Waals surface area contributed by atoms with Gasteiger partial charge in [-0.25, -0.2) is 4.39 Å². The molecule has 2 rings (SSSR count). The number of amides is 1. The number of benzene rings is 2. The summed E-state index contributed by atoms with van der Waals surface area (Å²) in [6, 6.07) is 9.39. The second kappa shape index (κ2) is 5.72. The Morgan fingerprint density at radius 1 is 1.26 bits per heavy atom. The lowest BCUT2D eigenvalue weighted by atomic mass is 10.2. The van der Waals surface area contributed by atoms with Gasteiger partial charge in [0.2, 0.25) is 0 Å². The lowest BCUT2D eigenvalue weighted by Gasteiger charge is -2.07. The summed E-state index contributed by atoms with van der Waals surface area (Å²) in [4.78, 5) is 11.9. The maximum Gasteiger partial charge on any atom is 0.255 e. The lowest BCUT2D eigenvalue weighted by Crippen LogP contribution is -2.12. The van der Waals surface area contributed by atoms with Gasteiger partial charge in [0.15, 0.2) is 0 Å². The molecule has 0 bridgehead atoms. The Bertz CT molecular complexity index is 645. The molecule has 1 amide bonds. The monoisotopic (exact) mass is 341 g/mol. The molecule has 0 heterocycles. The van der Waals surface area contributed by atoms with Crippen molar-refractivity contribution in [1.29, 1.82) is 0 Å². The highest BCUT2D eigenvalue weighted by Crippen LogP contribution is 2.21. The Kier molecular flexibility index (Phi) is 4.22. The molecular formula is C14H10BrClFNO. The van der Waals surface area contributed by atoms with Crippen molar-refractivity contribution in [3.8, 4) is 0 Å². The predicted molar refractivity (Wildman–Crippen MR) is 78.2 cm³/mol. The van der Waals surface area contributed by atoms with E-state index in [-0.39, 0.29) is 16.5 Å². The maximum atomic E-state index is 13.3. The van der Waals surface area contributed by atoms with E-state index in [1.807, 2.05) is 19.1 Å². The number of nitrogens with one attached hydrogen (secondary N) is 1. The van der Waals surface area contributed by atoms with Crippen LogP contribution in [0.2, 0.25) is 5.02 Å². The van der Waals surface area contributed by atoms with E-state index in [0.717, 1.165) is 16.1 Å². The van der Waals surface area contributed by atoms with Crippen molar-refractivity contribution in [2.45, 2.75) is 6.92 Å². The lowest BCUT2D eigenvalue weighted by molar-refractivity contribution is 0.102. The SMILES string of the molecule is Cc1cc(NC(=O)c2ccc(Cl)c(F)c2)ccc1Br. The molecule has 2 nitrogen and oxygen atoms in total. The van der Waals surface area contributed by atoms with Gasteiger partial charge in [-0.05, 0) is 48.9 Å². The molecule has 0 aliphatic carbocycles. The minimum atomic E-state index is -0.610. The zero-order chi connectivity index (χ0) is 14.0. The number of rotatable bonds is 2. The second-order valence-electron chi connectivity index (χ2n) is 4.05. The van der Waals surface area contributed by atoms with E-state index in [1.165, 1.54) is 12.1 Å². The molecule has 0 spiro atoms. The summed E-state index contributed by atoms with van der Waals surface area (Å²) in [6.07, 6.45) is 0. The van der Waals surface area contributed by atoms with E-state index < -0.39 is 5.82 Å². The van der Waals surface area contributed by atoms with Crippen LogP contribution in [0, 0.1) is 12.7 Å². The summed E-state index contributed by atoms with van der Waals surface area (Å²) < 4.78 is 14.2. The Morgan fingerprint density at radius 2 is 2.00 bits per heavy atom. The fourth-order valence-electron chi connectivity index (χ4n) is 1.56. The van der Waals surface area contributed by atoms with Crippen LogP contribution in [0.4, 0.5) is 10.1 Å². The van der Waals surface area contributed by atoms with Crippen molar-refractivity contribution in [3.05, 3.63) is 62.8 Å². The summed E-state index contributed by atoms with van der Waals surface area (Å²) in [7, 11) is 0. The van der Waals surface area contributed by atoms with Gasteiger partial charge < -0.3 is 5.32 Å². The van der Waals surface area contributed by atoms with E-state index in [0.29, 0.717) is 5.69 Å². The van der Waals surface area contributed by atoms with Gasteiger partial charge in [-0.15, -0.1) is 0 Å². The molecule has 2 aromatic rings. The molecule has 0 unspecified atom stereocenters. The molecule has 98 valence electrons. The summed E-state index contributed by atoms with van der Waals surface area (Å²) in [6.45, 7) is 1.92. The average Bonchev–Trinajstić information content (AvgIpc) is 2.37. The Morgan fingerprint density at radius 3 is 2.63 bits per heavy atom. The maximum absolute atomic E-state index is 13.3. The molecule has 0 aliphatic heterocycles. The van der Waals surface area contributed by atoms with Gasteiger partial charge in [-0.2, -0.15) is 0 Å². The van der Waals surface area contributed by atoms with Crippen LogP contribution in [0.1, 0.15) is 15.9 Å². The van der Waals surface area contributed by atoms with Crippen LogP contribution in [0.5, 0.6) is 0 Å². The van der Waals surface area contributed by atoms with Crippen molar-refractivity contribution in [1.82, 2.24) is 0 Å². The molecule has 0 saturated carbocycles. The highest BCUT2D eigenvalue weighted by atomic mass is 79.9. The highest BCUT2D eigenvalue weighted by molar-refractivity contribution is 9.10. The van der Waals surface area contributed by atoms with E-state index in [4.69, 9.17) is 11.6 Å². The summed E-state index contributed by atoms with van der Waals surface area (Å²) >= 11 is 8.95. The van der Waals surface area contributed by atoms with Crippen LogP contribution in [0.3, 0.4) is 0 Å². The molecule has 5 heteroatoms. The minimum absolute atomic E-state index is 0.00367. The van der Waals surface area contributed by atoms with Crippen LogP contribution in [-0.4, -0.2) is 5.91 Å². The molecular weight excluding hydrogens is 333 g/mol. The summed E-state index contributed by atoms with van der Waals surface area (Å²) in [5, 5.41) is 2.70. The van der Waals surface area contributed by atoms with Crippen LogP contribution in [-0.2, 0) is 0 Å². The Labute approximate surface area is 123 Å². The first kappa shape index (κ1) is 14.0. The van der Waals surface area contributed by atoms with Crippen molar-refractivity contribution in [2.24, 2.45) is 0 Å². The first-order valence-corrected chi connectivity index (χ1v) is 6.67. The fourth-order valence-corrected chi connectivity index (χ4v) is 1.93. The Hall–Kier alpha value is -1.39. The van der Waals surface area contributed by atoms with Crippen molar-refractivity contribution < 1.29 is 9.18 Å². The van der Waals surface area contributed by atoms with Gasteiger partial charge in [0, 0.05) is 15.7 Å². The Balaban J connectivity index is 2.20. The number of carbonyl (C=O) groups excluding carboxylic acids is 1. The topological polar surface area (TPSA) is 29.1 Å². The molecule has 19 heavy (non-hydrogen) atoms. The van der Waals surface area contributed by atoms with E-state index >= 15 is 0 Å². The first-order chi connectivity index (χ1) is 8.97. The van der Waals surface area contributed by atoms with E-state index in [9.17, 15) is 9.18 Å². The van der Waals surface area contributed by atoms with Gasteiger partial charge in [0.05, 0.1) is 5.02 Å². The molecule has 0 atom stereocenters. The van der Waals surface area contributed by atoms with Gasteiger partial charge >= 0.3 is 0 Å². The molecule has 2 aromatic carbocycles. The van der Waals surface area contributed by atoms with Gasteiger partial charge in [0.25, 0.3) is 5.91 Å². The van der Waals surface area contributed by atoms with Crippen molar-refractivity contribution in [2.75, 3.05) is 5.32 Å². The zero-order valence-electron chi connectivity index (χ0n) is 10.0. The first-order valence-electron chi connectivity index (χ1n) is 5.50. The molecule has 0 aromatic heterocycles. The molecule has 0 radical (unpaired) electrons. The van der Waals surface area contributed by atoms with Crippen LogP contribution in [0.15, 0.2) is 40.9 Å². The largest absolute Gasteiger partial charge is 0.322 e. The van der Waals surface area contributed by atoms with Crippen LogP contribution >= 0.6 is 27.5 Å². The number of anilines is 1.